The fourth-order valence-corrected chi connectivity index (χ4v) is 2.63. The van der Waals surface area contributed by atoms with Crippen LogP contribution >= 0.6 is 0 Å². The Kier molecular flexibility index (Phi) is 3.37. The Morgan fingerprint density at radius 3 is 2.83 bits per heavy atom. The number of pyridine rings is 1. The average Bonchev–Trinajstić information content (AvgIpc) is 3.13. The molecular formula is C14H21N3O. The van der Waals surface area contributed by atoms with Crippen LogP contribution in [0, 0.1) is 0 Å². The smallest absolute Gasteiger partial charge is 0.137 e. The molecule has 1 aromatic heterocycles. The summed E-state index contributed by atoms with van der Waals surface area (Å²) in [5.41, 5.74) is 0. The number of anilines is 1. The topological polar surface area (TPSA) is 37.4 Å². The predicted molar refractivity (Wildman–Crippen MR) is 72.2 cm³/mol. The van der Waals surface area contributed by atoms with Crippen LogP contribution in [-0.4, -0.2) is 37.3 Å². The lowest BCUT2D eigenvalue weighted by molar-refractivity contribution is 0.413. The van der Waals surface area contributed by atoms with E-state index in [1.807, 2.05) is 12.3 Å². The number of ether oxygens (including phenoxy) is 1. The van der Waals surface area contributed by atoms with E-state index in [0.29, 0.717) is 12.1 Å². The molecule has 0 radical (unpaired) electrons. The molecule has 1 saturated carbocycles. The summed E-state index contributed by atoms with van der Waals surface area (Å²) in [6.07, 6.45) is 7.02. The maximum atomic E-state index is 5.17. The van der Waals surface area contributed by atoms with Gasteiger partial charge in [0.15, 0.2) is 0 Å². The summed E-state index contributed by atoms with van der Waals surface area (Å²) in [6, 6.07) is 5.41. The molecule has 0 aromatic carbocycles. The molecule has 1 aliphatic heterocycles. The van der Waals surface area contributed by atoms with Crippen LogP contribution < -0.4 is 15.0 Å². The van der Waals surface area contributed by atoms with Crippen LogP contribution in [0.5, 0.6) is 5.75 Å². The molecule has 1 aromatic rings. The molecule has 0 bridgehead atoms. The molecule has 4 nitrogen and oxygen atoms in total. The molecular weight excluding hydrogens is 226 g/mol. The lowest BCUT2D eigenvalue weighted by Crippen LogP contribution is -2.39. The minimum atomic E-state index is 0.634. The van der Waals surface area contributed by atoms with Gasteiger partial charge in [-0.05, 0) is 44.4 Å². The molecule has 0 spiro atoms. The highest BCUT2D eigenvalue weighted by Gasteiger charge is 2.32. The highest BCUT2D eigenvalue weighted by molar-refractivity contribution is 5.43. The highest BCUT2D eigenvalue weighted by atomic mass is 16.5. The minimum Gasteiger partial charge on any atom is -0.495 e. The zero-order valence-corrected chi connectivity index (χ0v) is 10.9. The van der Waals surface area contributed by atoms with Crippen LogP contribution in [0.4, 0.5) is 5.82 Å². The third kappa shape index (κ3) is 2.58. The Balaban J connectivity index is 1.71. The molecule has 2 aliphatic rings. The normalized spacial score (nSPS) is 23.1. The summed E-state index contributed by atoms with van der Waals surface area (Å²) >= 11 is 0. The lowest BCUT2D eigenvalue weighted by atomic mass is 10.2. The van der Waals surface area contributed by atoms with E-state index in [1.54, 1.807) is 7.11 Å². The summed E-state index contributed by atoms with van der Waals surface area (Å²) < 4.78 is 5.17. The van der Waals surface area contributed by atoms with Crippen molar-refractivity contribution < 1.29 is 4.74 Å². The first-order valence-corrected chi connectivity index (χ1v) is 6.87. The van der Waals surface area contributed by atoms with Crippen LogP contribution in [0.1, 0.15) is 25.7 Å². The van der Waals surface area contributed by atoms with Gasteiger partial charge in [-0.2, -0.15) is 0 Å². The standard InChI is InChI=1S/C14H21N3O/c1-18-13-6-7-14(16-9-13)17(12-4-5-12)10-11-3-2-8-15-11/h6-7,9,11-12,15H,2-5,8,10H2,1H3. The molecule has 1 N–H and O–H groups in total. The first-order valence-electron chi connectivity index (χ1n) is 6.87. The Hall–Kier alpha value is -1.29. The molecule has 1 saturated heterocycles. The van der Waals surface area contributed by atoms with Gasteiger partial charge in [-0.25, -0.2) is 4.98 Å². The molecule has 1 aliphatic carbocycles. The maximum Gasteiger partial charge on any atom is 0.137 e. The quantitative estimate of drug-likeness (QED) is 0.861. The van der Waals surface area contributed by atoms with Gasteiger partial charge in [-0.15, -0.1) is 0 Å². The largest absolute Gasteiger partial charge is 0.495 e. The van der Waals surface area contributed by atoms with Gasteiger partial charge in [0.2, 0.25) is 0 Å². The summed E-state index contributed by atoms with van der Waals surface area (Å²) in [7, 11) is 1.68. The predicted octanol–water partition coefficient (Wildman–Crippen LogP) is 1.81. The van der Waals surface area contributed by atoms with E-state index in [-0.39, 0.29) is 0 Å². The second-order valence-corrected chi connectivity index (χ2v) is 5.23. The number of methoxy groups -OCH3 is 1. The van der Waals surface area contributed by atoms with Gasteiger partial charge in [-0.1, -0.05) is 0 Å². The lowest BCUT2D eigenvalue weighted by Gasteiger charge is -2.26. The van der Waals surface area contributed by atoms with E-state index in [9.17, 15) is 0 Å². The number of hydrogen-bond donors (Lipinski definition) is 1. The number of rotatable bonds is 5. The zero-order valence-electron chi connectivity index (χ0n) is 10.9. The van der Waals surface area contributed by atoms with E-state index in [1.165, 1.54) is 32.2 Å². The van der Waals surface area contributed by atoms with Crippen molar-refractivity contribution in [1.82, 2.24) is 10.3 Å². The average molecular weight is 247 g/mol. The van der Waals surface area contributed by atoms with Gasteiger partial charge in [0.05, 0.1) is 13.3 Å². The Morgan fingerprint density at radius 2 is 2.28 bits per heavy atom. The Morgan fingerprint density at radius 1 is 1.39 bits per heavy atom. The molecule has 18 heavy (non-hydrogen) atoms. The van der Waals surface area contributed by atoms with Crippen molar-refractivity contribution in [3.8, 4) is 5.75 Å². The first-order chi connectivity index (χ1) is 8.86. The molecule has 1 unspecified atom stereocenters. The highest BCUT2D eigenvalue weighted by Crippen LogP contribution is 2.31. The van der Waals surface area contributed by atoms with Crippen molar-refractivity contribution in [3.63, 3.8) is 0 Å². The van der Waals surface area contributed by atoms with E-state index >= 15 is 0 Å². The number of aromatic nitrogens is 1. The number of hydrogen-bond acceptors (Lipinski definition) is 4. The molecule has 3 rings (SSSR count). The number of nitrogens with one attached hydrogen (secondary N) is 1. The second-order valence-electron chi connectivity index (χ2n) is 5.23. The van der Waals surface area contributed by atoms with Crippen molar-refractivity contribution in [2.24, 2.45) is 0 Å². The van der Waals surface area contributed by atoms with Gasteiger partial charge >= 0.3 is 0 Å². The van der Waals surface area contributed by atoms with Gasteiger partial charge in [0.25, 0.3) is 0 Å². The van der Waals surface area contributed by atoms with E-state index < -0.39 is 0 Å². The first kappa shape index (κ1) is 11.8. The molecule has 1 atom stereocenters. The van der Waals surface area contributed by atoms with Crippen LogP contribution in [-0.2, 0) is 0 Å². The van der Waals surface area contributed by atoms with Crippen molar-refractivity contribution in [3.05, 3.63) is 18.3 Å². The molecule has 0 amide bonds. The van der Waals surface area contributed by atoms with E-state index in [0.717, 1.165) is 18.1 Å². The third-order valence-electron chi connectivity index (χ3n) is 3.82. The monoisotopic (exact) mass is 247 g/mol. The second kappa shape index (κ2) is 5.14. The molecule has 4 heteroatoms. The summed E-state index contributed by atoms with van der Waals surface area (Å²) in [5, 5.41) is 3.57. The maximum absolute atomic E-state index is 5.17. The van der Waals surface area contributed by atoms with Crippen LogP contribution in [0.15, 0.2) is 18.3 Å². The summed E-state index contributed by atoms with van der Waals surface area (Å²) in [4.78, 5) is 6.99. The van der Waals surface area contributed by atoms with Gasteiger partial charge in [-0.3, -0.25) is 0 Å². The van der Waals surface area contributed by atoms with Gasteiger partial charge in [0.1, 0.15) is 11.6 Å². The fraction of sp³-hybridized carbons (Fsp3) is 0.643. The summed E-state index contributed by atoms with van der Waals surface area (Å²) in [6.45, 7) is 2.25. The fourth-order valence-electron chi connectivity index (χ4n) is 2.63. The molecule has 2 heterocycles. The molecule has 98 valence electrons. The summed E-state index contributed by atoms with van der Waals surface area (Å²) in [5.74, 6) is 1.92. The van der Waals surface area contributed by atoms with Gasteiger partial charge < -0.3 is 15.0 Å². The number of nitrogens with zero attached hydrogens (tertiary/aromatic N) is 2. The van der Waals surface area contributed by atoms with Crippen molar-refractivity contribution in [2.45, 2.75) is 37.8 Å². The van der Waals surface area contributed by atoms with Crippen LogP contribution in [0.3, 0.4) is 0 Å². The SMILES string of the molecule is COc1ccc(N(CC2CCCN2)C2CC2)nc1. The zero-order chi connectivity index (χ0) is 12.4. The van der Waals surface area contributed by atoms with E-state index in [4.69, 9.17) is 4.74 Å². The molecule has 2 fully saturated rings. The van der Waals surface area contributed by atoms with E-state index in [2.05, 4.69) is 21.3 Å². The van der Waals surface area contributed by atoms with Gasteiger partial charge in [0, 0.05) is 18.6 Å². The minimum absolute atomic E-state index is 0.634. The van der Waals surface area contributed by atoms with Crippen molar-refractivity contribution in [1.29, 1.82) is 0 Å². The Labute approximate surface area is 108 Å². The third-order valence-corrected chi connectivity index (χ3v) is 3.82. The van der Waals surface area contributed by atoms with Crippen molar-refractivity contribution in [2.75, 3.05) is 25.1 Å². The Bertz CT molecular complexity index is 383. The van der Waals surface area contributed by atoms with Crippen molar-refractivity contribution >= 4 is 5.82 Å². The van der Waals surface area contributed by atoms with Crippen LogP contribution in [0.25, 0.3) is 0 Å². The van der Waals surface area contributed by atoms with Crippen LogP contribution in [0.2, 0.25) is 0 Å².